The molecule has 3 amide bonds. The maximum Gasteiger partial charge on any atom is 0.325 e. The van der Waals surface area contributed by atoms with Crippen LogP contribution in [0.1, 0.15) is 37.0 Å². The standard InChI is InChI=1S/C20H22N2O2/c1-3-7-15-10-12-17(13-11-15)20(2)18(23)22(19(24)21-20)14-16-8-5-4-6-9-16/h4-6,8-13H,3,7,14H2,1-2H3,(H,21,24)/t20-/m0/s1. The van der Waals surface area contributed by atoms with Crippen LogP contribution in [0.5, 0.6) is 0 Å². The van der Waals surface area contributed by atoms with Crippen molar-refractivity contribution in [2.24, 2.45) is 0 Å². The fourth-order valence-corrected chi connectivity index (χ4v) is 3.10. The van der Waals surface area contributed by atoms with Gasteiger partial charge in [0, 0.05) is 0 Å². The van der Waals surface area contributed by atoms with E-state index < -0.39 is 5.54 Å². The lowest BCUT2D eigenvalue weighted by Gasteiger charge is -2.22. The highest BCUT2D eigenvalue weighted by Crippen LogP contribution is 2.30. The Kier molecular flexibility index (Phi) is 4.38. The second-order valence-corrected chi connectivity index (χ2v) is 6.38. The molecule has 0 aliphatic carbocycles. The second kappa shape index (κ2) is 6.48. The van der Waals surface area contributed by atoms with Crippen LogP contribution in [0.15, 0.2) is 54.6 Å². The Balaban J connectivity index is 1.83. The van der Waals surface area contributed by atoms with Gasteiger partial charge >= 0.3 is 6.03 Å². The van der Waals surface area contributed by atoms with E-state index in [1.165, 1.54) is 10.5 Å². The first-order chi connectivity index (χ1) is 11.5. The van der Waals surface area contributed by atoms with Crippen LogP contribution in [0.4, 0.5) is 4.79 Å². The molecular weight excluding hydrogens is 300 g/mol. The Morgan fingerprint density at radius 3 is 2.25 bits per heavy atom. The predicted molar refractivity (Wildman–Crippen MR) is 93.3 cm³/mol. The molecule has 4 heteroatoms. The third-order valence-electron chi connectivity index (χ3n) is 4.53. The van der Waals surface area contributed by atoms with E-state index >= 15 is 0 Å². The Morgan fingerprint density at radius 2 is 1.62 bits per heavy atom. The van der Waals surface area contributed by atoms with E-state index in [9.17, 15) is 9.59 Å². The number of carbonyl (C=O) groups is 2. The number of hydrogen-bond acceptors (Lipinski definition) is 2. The smallest absolute Gasteiger partial charge is 0.319 e. The molecule has 1 fully saturated rings. The lowest BCUT2D eigenvalue weighted by molar-refractivity contribution is -0.131. The molecule has 4 nitrogen and oxygen atoms in total. The average molecular weight is 322 g/mol. The molecule has 124 valence electrons. The van der Waals surface area contributed by atoms with Gasteiger partial charge in [-0.1, -0.05) is 67.9 Å². The molecule has 3 rings (SSSR count). The van der Waals surface area contributed by atoms with Crippen LogP contribution in [0.25, 0.3) is 0 Å². The molecule has 0 aromatic heterocycles. The zero-order chi connectivity index (χ0) is 17.2. The van der Waals surface area contributed by atoms with Gasteiger partial charge in [-0.15, -0.1) is 0 Å². The van der Waals surface area contributed by atoms with Gasteiger partial charge in [0.05, 0.1) is 6.54 Å². The summed E-state index contributed by atoms with van der Waals surface area (Å²) >= 11 is 0. The van der Waals surface area contributed by atoms with Crippen LogP contribution in [0.3, 0.4) is 0 Å². The van der Waals surface area contributed by atoms with E-state index in [-0.39, 0.29) is 18.5 Å². The molecular formula is C20H22N2O2. The zero-order valence-electron chi connectivity index (χ0n) is 14.1. The summed E-state index contributed by atoms with van der Waals surface area (Å²) in [4.78, 5) is 26.5. The van der Waals surface area contributed by atoms with Crippen molar-refractivity contribution < 1.29 is 9.59 Å². The summed E-state index contributed by atoms with van der Waals surface area (Å²) in [7, 11) is 0. The Morgan fingerprint density at radius 1 is 0.958 bits per heavy atom. The van der Waals surface area contributed by atoms with E-state index in [1.807, 2.05) is 54.6 Å². The van der Waals surface area contributed by atoms with Crippen molar-refractivity contribution in [3.8, 4) is 0 Å². The average Bonchev–Trinajstić information content (AvgIpc) is 2.81. The summed E-state index contributed by atoms with van der Waals surface area (Å²) in [6, 6.07) is 17.1. The number of rotatable bonds is 5. The van der Waals surface area contributed by atoms with Gasteiger partial charge in [0.25, 0.3) is 5.91 Å². The van der Waals surface area contributed by atoms with Gasteiger partial charge in [0.1, 0.15) is 5.54 Å². The minimum atomic E-state index is -1.00. The van der Waals surface area contributed by atoms with Gasteiger partial charge < -0.3 is 5.32 Å². The van der Waals surface area contributed by atoms with E-state index in [1.54, 1.807) is 6.92 Å². The summed E-state index contributed by atoms with van der Waals surface area (Å²) in [6.45, 7) is 4.19. The molecule has 24 heavy (non-hydrogen) atoms. The Labute approximate surface area is 142 Å². The number of aryl methyl sites for hydroxylation is 1. The quantitative estimate of drug-likeness (QED) is 0.855. The van der Waals surface area contributed by atoms with Crippen LogP contribution in [0, 0.1) is 0 Å². The molecule has 0 unspecified atom stereocenters. The third-order valence-corrected chi connectivity index (χ3v) is 4.53. The summed E-state index contributed by atoms with van der Waals surface area (Å²) in [5, 5.41) is 2.86. The summed E-state index contributed by atoms with van der Waals surface area (Å²) in [6.07, 6.45) is 2.09. The zero-order valence-corrected chi connectivity index (χ0v) is 14.1. The van der Waals surface area contributed by atoms with Crippen molar-refractivity contribution in [3.05, 3.63) is 71.3 Å². The molecule has 1 saturated heterocycles. The van der Waals surface area contributed by atoms with Gasteiger partial charge in [-0.25, -0.2) is 4.79 Å². The van der Waals surface area contributed by atoms with E-state index in [4.69, 9.17) is 0 Å². The SMILES string of the molecule is CCCc1ccc([C@]2(C)NC(=O)N(Cc3ccccc3)C2=O)cc1. The van der Waals surface area contributed by atoms with Crippen molar-refractivity contribution in [3.63, 3.8) is 0 Å². The monoisotopic (exact) mass is 322 g/mol. The third kappa shape index (κ3) is 2.92. The molecule has 1 heterocycles. The largest absolute Gasteiger partial charge is 0.325 e. The molecule has 0 saturated carbocycles. The number of amides is 3. The lowest BCUT2D eigenvalue weighted by atomic mass is 9.91. The molecule has 1 aliphatic heterocycles. The van der Waals surface area contributed by atoms with Gasteiger partial charge in [-0.3, -0.25) is 9.69 Å². The molecule has 1 N–H and O–H groups in total. The topological polar surface area (TPSA) is 49.4 Å². The fraction of sp³-hybridized carbons (Fsp3) is 0.300. The normalized spacial score (nSPS) is 20.3. The lowest BCUT2D eigenvalue weighted by Crippen LogP contribution is -2.40. The number of benzene rings is 2. The minimum absolute atomic E-state index is 0.209. The van der Waals surface area contributed by atoms with Crippen molar-refractivity contribution in [2.45, 2.75) is 38.8 Å². The highest BCUT2D eigenvalue weighted by atomic mass is 16.2. The first kappa shape index (κ1) is 16.2. The van der Waals surface area contributed by atoms with Gasteiger partial charge in [-0.2, -0.15) is 0 Å². The number of nitrogens with one attached hydrogen (secondary N) is 1. The molecule has 0 bridgehead atoms. The first-order valence-corrected chi connectivity index (χ1v) is 8.32. The maximum atomic E-state index is 12.9. The van der Waals surface area contributed by atoms with E-state index in [0.717, 1.165) is 24.0 Å². The fourth-order valence-electron chi connectivity index (χ4n) is 3.10. The van der Waals surface area contributed by atoms with Crippen molar-refractivity contribution >= 4 is 11.9 Å². The van der Waals surface area contributed by atoms with Gasteiger partial charge in [0.15, 0.2) is 0 Å². The number of nitrogens with zero attached hydrogens (tertiary/aromatic N) is 1. The highest BCUT2D eigenvalue weighted by molar-refractivity contribution is 6.07. The van der Waals surface area contributed by atoms with Crippen LogP contribution < -0.4 is 5.32 Å². The van der Waals surface area contributed by atoms with Crippen LogP contribution in [-0.4, -0.2) is 16.8 Å². The molecule has 0 radical (unpaired) electrons. The minimum Gasteiger partial charge on any atom is -0.319 e. The van der Waals surface area contributed by atoms with Crippen LogP contribution in [0.2, 0.25) is 0 Å². The Hall–Kier alpha value is -2.62. The molecule has 2 aromatic carbocycles. The van der Waals surface area contributed by atoms with Gasteiger partial charge in [0.2, 0.25) is 0 Å². The molecule has 1 aliphatic rings. The number of hydrogen-bond donors (Lipinski definition) is 1. The van der Waals surface area contributed by atoms with Crippen LogP contribution in [-0.2, 0) is 23.3 Å². The Bertz CT molecular complexity index is 740. The van der Waals surface area contributed by atoms with Crippen LogP contribution >= 0.6 is 0 Å². The number of carbonyl (C=O) groups excluding carboxylic acids is 2. The number of imide groups is 1. The molecule has 0 spiro atoms. The molecule has 1 atom stereocenters. The first-order valence-electron chi connectivity index (χ1n) is 8.32. The summed E-state index contributed by atoms with van der Waals surface area (Å²) in [5.74, 6) is -0.209. The summed E-state index contributed by atoms with van der Waals surface area (Å²) in [5.41, 5.74) is 1.99. The number of urea groups is 1. The van der Waals surface area contributed by atoms with E-state index in [2.05, 4.69) is 12.2 Å². The van der Waals surface area contributed by atoms with Crippen molar-refractivity contribution in [1.82, 2.24) is 10.2 Å². The predicted octanol–water partition coefficient (Wildman–Crippen LogP) is 3.61. The maximum absolute atomic E-state index is 12.9. The summed E-state index contributed by atoms with van der Waals surface area (Å²) < 4.78 is 0. The highest BCUT2D eigenvalue weighted by Gasteiger charge is 2.48. The molecule has 2 aromatic rings. The van der Waals surface area contributed by atoms with Gasteiger partial charge in [-0.05, 0) is 30.0 Å². The second-order valence-electron chi connectivity index (χ2n) is 6.38. The van der Waals surface area contributed by atoms with Crippen molar-refractivity contribution in [2.75, 3.05) is 0 Å². The van der Waals surface area contributed by atoms with E-state index in [0.29, 0.717) is 0 Å². The van der Waals surface area contributed by atoms with Crippen molar-refractivity contribution in [1.29, 1.82) is 0 Å².